The Bertz CT molecular complexity index is 1370. The molecule has 2 atom stereocenters. The van der Waals surface area contributed by atoms with Crippen LogP contribution in [-0.4, -0.2) is 31.8 Å². The largest absolute Gasteiger partial charge is 0.493 e. The first kappa shape index (κ1) is 25.5. The van der Waals surface area contributed by atoms with E-state index in [4.69, 9.17) is 16.3 Å². The van der Waals surface area contributed by atoms with Gasteiger partial charge in [-0.25, -0.2) is 14.2 Å². The van der Waals surface area contributed by atoms with Crippen LogP contribution in [0.2, 0.25) is 5.02 Å². The number of fused-ring (bicyclic) bond motifs is 1. The van der Waals surface area contributed by atoms with Crippen LogP contribution >= 0.6 is 11.6 Å². The molecule has 3 aromatic rings. The van der Waals surface area contributed by atoms with Crippen molar-refractivity contribution in [1.29, 1.82) is 0 Å². The van der Waals surface area contributed by atoms with Gasteiger partial charge in [0.1, 0.15) is 5.75 Å². The number of carbonyl (C=O) groups is 1. The molecule has 0 bridgehead atoms. The molecule has 4 rings (SSSR count). The maximum atomic E-state index is 13.6. The van der Waals surface area contributed by atoms with Crippen LogP contribution in [-0.2, 0) is 17.8 Å². The van der Waals surface area contributed by atoms with E-state index in [0.29, 0.717) is 17.3 Å². The first-order chi connectivity index (χ1) is 17.2. The summed E-state index contributed by atoms with van der Waals surface area (Å²) in [7, 11) is 0. The summed E-state index contributed by atoms with van der Waals surface area (Å²) in [5.41, 5.74) is 1.21. The minimum absolute atomic E-state index is 0.101. The predicted octanol–water partition coefficient (Wildman–Crippen LogP) is 4.24. The lowest BCUT2D eigenvalue weighted by molar-refractivity contribution is -0.138. The molecule has 1 aliphatic heterocycles. The van der Waals surface area contributed by atoms with Crippen molar-refractivity contribution in [3.05, 3.63) is 79.6 Å². The number of anilines is 2. The Hall–Kier alpha value is -3.59. The number of aliphatic carboxylic acids is 1. The van der Waals surface area contributed by atoms with E-state index in [2.05, 4.69) is 10.3 Å². The molecule has 0 fully saturated rings. The summed E-state index contributed by atoms with van der Waals surface area (Å²) in [5, 5.41) is 12.9. The molecular weight excluding hydrogens is 484 g/mol. The number of ether oxygens (including phenoxy) is 1. The number of rotatable bonds is 8. The van der Waals surface area contributed by atoms with Gasteiger partial charge in [0, 0.05) is 23.2 Å². The average molecular weight is 513 g/mol. The fraction of sp³-hybridized carbons (Fsp3) is 0.385. The van der Waals surface area contributed by atoms with Gasteiger partial charge in [0.2, 0.25) is 5.95 Å². The van der Waals surface area contributed by atoms with Crippen molar-refractivity contribution in [1.82, 2.24) is 14.1 Å². The van der Waals surface area contributed by atoms with E-state index in [9.17, 15) is 19.5 Å². The van der Waals surface area contributed by atoms with Crippen molar-refractivity contribution in [2.24, 2.45) is 5.92 Å². The molecule has 190 valence electrons. The van der Waals surface area contributed by atoms with Crippen molar-refractivity contribution >= 4 is 29.2 Å². The minimum Gasteiger partial charge on any atom is -0.493 e. The van der Waals surface area contributed by atoms with Crippen LogP contribution in [0, 0.1) is 5.92 Å². The molecule has 9 nitrogen and oxygen atoms in total. The summed E-state index contributed by atoms with van der Waals surface area (Å²) in [6.07, 6.45) is 2.69. The monoisotopic (exact) mass is 512 g/mol. The topological polar surface area (TPSA) is 115 Å². The molecule has 0 aliphatic carbocycles. The molecular formula is C26H29ClN4O5. The van der Waals surface area contributed by atoms with E-state index < -0.39 is 29.3 Å². The second-order valence-electron chi connectivity index (χ2n) is 9.15. The van der Waals surface area contributed by atoms with E-state index in [1.807, 2.05) is 18.2 Å². The van der Waals surface area contributed by atoms with Crippen LogP contribution < -0.4 is 21.4 Å². The normalized spacial score (nSPS) is 14.8. The van der Waals surface area contributed by atoms with Crippen LogP contribution in [0.5, 0.6) is 5.75 Å². The molecule has 2 aromatic carbocycles. The fourth-order valence-corrected chi connectivity index (χ4v) is 4.41. The zero-order chi connectivity index (χ0) is 25.8. The SMILES string of the molecule is CC([C@@H](C)CC(=O)O)n1c(=O)nc(Nc2ccc3c(c2)CCCCO3)n(Cc2ccc(Cl)cc2)c1=O. The number of hydrogen-bond acceptors (Lipinski definition) is 6. The predicted molar refractivity (Wildman–Crippen MR) is 138 cm³/mol. The fourth-order valence-electron chi connectivity index (χ4n) is 4.29. The first-order valence-electron chi connectivity index (χ1n) is 12.0. The smallest absolute Gasteiger partial charge is 0.355 e. The van der Waals surface area contributed by atoms with E-state index in [1.54, 1.807) is 38.1 Å². The van der Waals surface area contributed by atoms with Crippen LogP contribution in [0.4, 0.5) is 11.6 Å². The molecule has 0 saturated carbocycles. The molecule has 1 aliphatic rings. The van der Waals surface area contributed by atoms with Gasteiger partial charge >= 0.3 is 17.3 Å². The summed E-state index contributed by atoms with van der Waals surface area (Å²) in [4.78, 5) is 42.1. The maximum Gasteiger partial charge on any atom is 0.355 e. The Morgan fingerprint density at radius 3 is 2.64 bits per heavy atom. The number of aromatic nitrogens is 3. The van der Waals surface area contributed by atoms with Gasteiger partial charge < -0.3 is 15.2 Å². The van der Waals surface area contributed by atoms with E-state index in [0.717, 1.165) is 40.7 Å². The van der Waals surface area contributed by atoms with Gasteiger partial charge in [-0.3, -0.25) is 9.36 Å². The number of aryl methyl sites for hydroxylation is 1. The van der Waals surface area contributed by atoms with Crippen molar-refractivity contribution in [2.45, 2.75) is 52.1 Å². The summed E-state index contributed by atoms with van der Waals surface area (Å²) in [6, 6.07) is 12.0. The van der Waals surface area contributed by atoms with Gasteiger partial charge in [0.15, 0.2) is 0 Å². The quantitative estimate of drug-likeness (QED) is 0.464. The second kappa shape index (κ2) is 11.0. The number of nitrogens with zero attached hydrogens (tertiary/aromatic N) is 3. The first-order valence-corrected chi connectivity index (χ1v) is 12.3. The number of carboxylic acid groups (broad SMARTS) is 1. The molecule has 2 heterocycles. The van der Waals surface area contributed by atoms with E-state index in [-0.39, 0.29) is 18.9 Å². The Labute approximate surface area is 213 Å². The van der Waals surface area contributed by atoms with Crippen molar-refractivity contribution in [3.8, 4) is 5.75 Å². The lowest BCUT2D eigenvalue weighted by Gasteiger charge is -2.22. The average Bonchev–Trinajstić information content (AvgIpc) is 3.07. The van der Waals surface area contributed by atoms with Gasteiger partial charge in [-0.15, -0.1) is 0 Å². The number of nitrogens with one attached hydrogen (secondary N) is 1. The zero-order valence-electron chi connectivity index (χ0n) is 20.2. The van der Waals surface area contributed by atoms with Gasteiger partial charge in [-0.2, -0.15) is 4.98 Å². The molecule has 0 saturated heterocycles. The van der Waals surface area contributed by atoms with Crippen LogP contribution in [0.1, 0.15) is 50.3 Å². The lowest BCUT2D eigenvalue weighted by Crippen LogP contribution is -2.45. The highest BCUT2D eigenvalue weighted by Gasteiger charge is 2.24. The number of carboxylic acids is 1. The third kappa shape index (κ3) is 5.79. The molecule has 0 amide bonds. The second-order valence-corrected chi connectivity index (χ2v) is 9.59. The van der Waals surface area contributed by atoms with Gasteiger partial charge in [0.25, 0.3) is 0 Å². The molecule has 0 radical (unpaired) electrons. The summed E-state index contributed by atoms with van der Waals surface area (Å²) in [6.45, 7) is 4.17. The molecule has 0 spiro atoms. The standard InChI is InChI=1S/C26H29ClN4O5/c1-16(13-23(32)33)17(2)31-25(34)29-24(30(26(31)35)15-18-6-8-20(27)9-7-18)28-21-10-11-22-19(14-21)5-3-4-12-36-22/h6-11,14,16-17H,3-5,12-13,15H2,1-2H3,(H,32,33)(H,28,29,34)/t16-,17?/m0/s1. The van der Waals surface area contributed by atoms with Crippen LogP contribution in [0.25, 0.3) is 0 Å². The lowest BCUT2D eigenvalue weighted by atomic mass is 10.00. The number of halogens is 1. The van der Waals surface area contributed by atoms with Gasteiger partial charge in [-0.05, 0) is 73.6 Å². The Balaban J connectivity index is 1.77. The zero-order valence-corrected chi connectivity index (χ0v) is 21.0. The third-order valence-electron chi connectivity index (χ3n) is 6.50. The Kier molecular flexibility index (Phi) is 7.79. The van der Waals surface area contributed by atoms with Gasteiger partial charge in [0.05, 0.1) is 13.2 Å². The van der Waals surface area contributed by atoms with Gasteiger partial charge in [-0.1, -0.05) is 30.7 Å². The minimum atomic E-state index is -0.998. The highest BCUT2D eigenvalue weighted by atomic mass is 35.5. The number of hydrogen-bond donors (Lipinski definition) is 2. The molecule has 10 heteroatoms. The molecule has 1 unspecified atom stereocenters. The Morgan fingerprint density at radius 2 is 1.92 bits per heavy atom. The van der Waals surface area contributed by atoms with Crippen molar-refractivity contribution < 1.29 is 14.6 Å². The highest BCUT2D eigenvalue weighted by molar-refractivity contribution is 6.30. The number of benzene rings is 2. The summed E-state index contributed by atoms with van der Waals surface area (Å²) >= 11 is 6.02. The molecule has 36 heavy (non-hydrogen) atoms. The van der Waals surface area contributed by atoms with Crippen molar-refractivity contribution in [3.63, 3.8) is 0 Å². The Morgan fingerprint density at radius 1 is 1.17 bits per heavy atom. The maximum absolute atomic E-state index is 13.6. The van der Waals surface area contributed by atoms with Crippen molar-refractivity contribution in [2.75, 3.05) is 11.9 Å². The third-order valence-corrected chi connectivity index (χ3v) is 6.75. The highest BCUT2D eigenvalue weighted by Crippen LogP contribution is 2.28. The van der Waals surface area contributed by atoms with Crippen LogP contribution in [0.3, 0.4) is 0 Å². The summed E-state index contributed by atoms with van der Waals surface area (Å²) < 4.78 is 8.20. The van der Waals surface area contributed by atoms with E-state index in [1.165, 1.54) is 4.57 Å². The summed E-state index contributed by atoms with van der Waals surface area (Å²) in [5.74, 6) is -0.519. The molecule has 2 N–H and O–H groups in total. The van der Waals surface area contributed by atoms with Crippen LogP contribution in [0.15, 0.2) is 52.1 Å². The van der Waals surface area contributed by atoms with E-state index >= 15 is 0 Å². The molecule has 1 aromatic heterocycles.